The van der Waals surface area contributed by atoms with E-state index in [1.807, 2.05) is 6.92 Å². The quantitative estimate of drug-likeness (QED) is 0.0444. The summed E-state index contributed by atoms with van der Waals surface area (Å²) in [5, 5.41) is 49.2. The molecule has 2 aliphatic rings. The van der Waals surface area contributed by atoms with Gasteiger partial charge >= 0.3 is 13.8 Å². The van der Waals surface area contributed by atoms with E-state index in [2.05, 4.69) is 68.8 Å². The zero-order valence-corrected chi connectivity index (χ0v) is 38.8. The fourth-order valence-electron chi connectivity index (χ4n) is 7.34. The molecular formula is C43H74N3O15P. The van der Waals surface area contributed by atoms with Crippen LogP contribution in [0.5, 0.6) is 0 Å². The first-order valence-electron chi connectivity index (χ1n) is 21.6. The van der Waals surface area contributed by atoms with Crippen molar-refractivity contribution in [2.24, 2.45) is 11.8 Å². The number of nitrogens with one attached hydrogen (secondary N) is 3. The lowest BCUT2D eigenvalue weighted by atomic mass is 9.92. The number of allylic oxidation sites excluding steroid dienone is 6. The molecule has 2 aliphatic heterocycles. The topological polar surface area (TPSA) is 269 Å². The highest BCUT2D eigenvalue weighted by atomic mass is 31.2. The maximum absolute atomic E-state index is 13.3. The third-order valence-corrected chi connectivity index (χ3v) is 11.8. The number of carbonyl (C=O) groups excluding carboxylic acids is 3. The highest BCUT2D eigenvalue weighted by Crippen LogP contribution is 2.47. The minimum Gasteiger partial charge on any atom is -0.479 e. The summed E-state index contributed by atoms with van der Waals surface area (Å²) in [6.07, 6.45) is 3.86. The molecule has 0 bridgehead atoms. The van der Waals surface area contributed by atoms with Gasteiger partial charge in [0, 0.05) is 20.8 Å². The molecule has 62 heavy (non-hydrogen) atoms. The third-order valence-electron chi connectivity index (χ3n) is 10.8. The first-order chi connectivity index (χ1) is 29.0. The highest BCUT2D eigenvalue weighted by molar-refractivity contribution is 7.47. The van der Waals surface area contributed by atoms with Crippen LogP contribution < -0.4 is 16.0 Å². The molecule has 0 aromatic carbocycles. The fourth-order valence-corrected chi connectivity index (χ4v) is 8.18. The van der Waals surface area contributed by atoms with Gasteiger partial charge in [-0.25, -0.2) is 9.36 Å². The number of hydrogen-bond donors (Lipinski definition) is 8. The smallest absolute Gasteiger partial charge is 0.474 e. The van der Waals surface area contributed by atoms with Crippen LogP contribution in [-0.2, 0) is 47.0 Å². The molecular weight excluding hydrogens is 829 g/mol. The van der Waals surface area contributed by atoms with Crippen molar-refractivity contribution >= 4 is 31.5 Å². The lowest BCUT2D eigenvalue weighted by Gasteiger charge is -2.48. The molecule has 18 nitrogen and oxygen atoms in total. The minimum atomic E-state index is -4.96. The van der Waals surface area contributed by atoms with E-state index in [9.17, 15) is 49.1 Å². The number of rotatable bonds is 26. The normalized spacial score (nSPS) is 28.8. The van der Waals surface area contributed by atoms with Crippen LogP contribution in [0.4, 0.5) is 0 Å². The van der Waals surface area contributed by atoms with Gasteiger partial charge in [0.25, 0.3) is 0 Å². The Bertz CT molecular complexity index is 1590. The van der Waals surface area contributed by atoms with Crippen LogP contribution in [0.3, 0.4) is 0 Å². The second-order valence-corrected chi connectivity index (χ2v) is 18.5. The molecule has 2 rings (SSSR count). The highest BCUT2D eigenvalue weighted by Gasteiger charge is 2.55. The number of hydrogen-bond acceptors (Lipinski definition) is 13. The monoisotopic (exact) mass is 903 g/mol. The number of carbonyl (C=O) groups is 4. The molecule has 3 amide bonds. The van der Waals surface area contributed by atoms with Gasteiger partial charge in [-0.15, -0.1) is 0 Å². The SMILES string of the molecule is CC(=O)N[C@H]1[C@H](O[C@H]2[C@H](O)[C@@H](CO)O[C@H](OP(=O)(O)OCCC(C)CC/C=C(/C)CC/C=C(\C)CC/C=C(\C)CCCC(C)C)[C@@H]2NC(C)=O)O[C@H](C(=O)O)[C@@H](O)[C@@H]1NC(C)=O. The molecule has 356 valence electrons. The summed E-state index contributed by atoms with van der Waals surface area (Å²) in [4.78, 5) is 59.5. The second kappa shape index (κ2) is 27.3. The van der Waals surface area contributed by atoms with E-state index in [4.69, 9.17) is 23.3 Å². The second-order valence-electron chi connectivity index (χ2n) is 17.1. The van der Waals surface area contributed by atoms with Crippen molar-refractivity contribution < 1.29 is 72.3 Å². The fraction of sp³-hybridized carbons (Fsp3) is 0.767. The maximum Gasteiger partial charge on any atom is 0.474 e. The molecule has 0 aromatic rings. The number of carboxylic acids is 1. The Labute approximate surface area is 366 Å². The Hall–Kier alpha value is -3.03. The van der Waals surface area contributed by atoms with Gasteiger partial charge in [-0.3, -0.25) is 23.4 Å². The van der Waals surface area contributed by atoms with Gasteiger partial charge in [-0.1, -0.05) is 62.1 Å². The standard InChI is InChI=1S/C43H74N3O15P/c1-25(2)14-10-15-26(3)16-11-17-27(4)18-12-19-28(5)20-13-21-29(6)22-23-57-62(55,56)61-43-36(46-32(9)50)39(37(51)33(24-47)58-43)59-42-35(45-31(8)49)34(44-30(7)48)38(52)40(60-42)41(53)54/h16,18,20,25,29,33-40,42-43,47,51-52H,10-15,17,19,21-24H2,1-9H3,(H,44,48)(H,45,49)(H,46,50)(H,53,54)(H,55,56)/b26-16+,27-18+,28-20-/t29?,33-,34-,35-,36-,37-,38+,39-,40+,42-,43-/m1/s1. The Balaban J connectivity index is 2.04. The van der Waals surface area contributed by atoms with Crippen molar-refractivity contribution in [1.29, 1.82) is 0 Å². The molecule has 8 N–H and O–H groups in total. The van der Waals surface area contributed by atoms with E-state index in [1.165, 1.54) is 36.0 Å². The van der Waals surface area contributed by atoms with E-state index in [1.54, 1.807) is 0 Å². The Morgan fingerprint density at radius 2 is 1.24 bits per heavy atom. The molecule has 2 unspecified atom stereocenters. The van der Waals surface area contributed by atoms with E-state index >= 15 is 0 Å². The first kappa shape index (κ1) is 55.1. The van der Waals surface area contributed by atoms with E-state index in [0.29, 0.717) is 6.42 Å². The van der Waals surface area contributed by atoms with Gasteiger partial charge in [0.15, 0.2) is 18.7 Å². The molecule has 0 saturated carbocycles. The molecule has 2 fully saturated rings. The van der Waals surface area contributed by atoms with Crippen molar-refractivity contribution in [3.05, 3.63) is 34.9 Å². The number of aliphatic hydroxyl groups excluding tert-OH is 3. The summed E-state index contributed by atoms with van der Waals surface area (Å²) in [7, 11) is -4.96. The molecule has 0 spiro atoms. The lowest BCUT2D eigenvalue weighted by molar-refractivity contribution is -0.309. The van der Waals surface area contributed by atoms with Crippen LogP contribution >= 0.6 is 7.82 Å². The number of aliphatic hydroxyl groups is 3. The number of phosphoric ester groups is 1. The number of amides is 3. The predicted molar refractivity (Wildman–Crippen MR) is 230 cm³/mol. The number of aliphatic carboxylic acids is 1. The predicted octanol–water partition coefficient (Wildman–Crippen LogP) is 4.30. The van der Waals surface area contributed by atoms with Gasteiger partial charge in [0.2, 0.25) is 17.7 Å². The van der Waals surface area contributed by atoms with Gasteiger partial charge in [0.1, 0.15) is 36.5 Å². The van der Waals surface area contributed by atoms with Crippen LogP contribution in [0.15, 0.2) is 34.9 Å². The van der Waals surface area contributed by atoms with Crippen LogP contribution in [0, 0.1) is 11.8 Å². The zero-order valence-electron chi connectivity index (χ0n) is 37.9. The minimum absolute atomic E-state index is 0.106. The van der Waals surface area contributed by atoms with Gasteiger partial charge in [-0.05, 0) is 90.4 Å². The van der Waals surface area contributed by atoms with Gasteiger partial charge < -0.3 is 55.5 Å². The largest absolute Gasteiger partial charge is 0.479 e. The summed E-state index contributed by atoms with van der Waals surface area (Å²) >= 11 is 0. The Kier molecular flexibility index (Phi) is 24.3. The number of carboxylic acid groups (broad SMARTS) is 1. The lowest BCUT2D eigenvalue weighted by Crippen LogP contribution is -2.72. The molecule has 2 heterocycles. The number of phosphoric acid groups is 1. The molecule has 2 saturated heterocycles. The number of ether oxygens (including phenoxy) is 3. The average Bonchev–Trinajstić information content (AvgIpc) is 3.15. The van der Waals surface area contributed by atoms with Crippen LogP contribution in [0.25, 0.3) is 0 Å². The van der Waals surface area contributed by atoms with Crippen LogP contribution in [0.2, 0.25) is 0 Å². The summed E-state index contributed by atoms with van der Waals surface area (Å²) in [5.41, 5.74) is 4.15. The van der Waals surface area contributed by atoms with Crippen molar-refractivity contribution in [2.75, 3.05) is 13.2 Å². The van der Waals surface area contributed by atoms with Crippen LogP contribution in [-0.4, -0.2) is 123 Å². The van der Waals surface area contributed by atoms with Crippen LogP contribution in [0.1, 0.15) is 127 Å². The zero-order chi connectivity index (χ0) is 46.7. The van der Waals surface area contributed by atoms with E-state index in [0.717, 1.165) is 65.2 Å². The molecule has 0 radical (unpaired) electrons. The summed E-state index contributed by atoms with van der Waals surface area (Å²) < 4.78 is 41.0. The maximum atomic E-state index is 13.3. The molecule has 0 aromatic heterocycles. The molecule has 0 aliphatic carbocycles. The first-order valence-corrected chi connectivity index (χ1v) is 23.1. The van der Waals surface area contributed by atoms with Crippen molar-refractivity contribution in [2.45, 2.75) is 188 Å². The molecule has 12 atom stereocenters. The Morgan fingerprint density at radius 3 is 1.77 bits per heavy atom. The third kappa shape index (κ3) is 19.8. The van der Waals surface area contributed by atoms with Crippen molar-refractivity contribution in [1.82, 2.24) is 16.0 Å². The van der Waals surface area contributed by atoms with E-state index < -0.39 is 99.3 Å². The average molecular weight is 904 g/mol. The van der Waals surface area contributed by atoms with Gasteiger partial charge in [-0.2, -0.15) is 0 Å². The van der Waals surface area contributed by atoms with Crippen molar-refractivity contribution in [3.8, 4) is 0 Å². The summed E-state index contributed by atoms with van der Waals surface area (Å²) in [6, 6.07) is -4.60. The van der Waals surface area contributed by atoms with Gasteiger partial charge in [0.05, 0.1) is 19.3 Å². The summed E-state index contributed by atoms with van der Waals surface area (Å²) in [5.74, 6) is -2.95. The summed E-state index contributed by atoms with van der Waals surface area (Å²) in [6.45, 7) is 15.2. The van der Waals surface area contributed by atoms with E-state index in [-0.39, 0.29) is 12.5 Å². The Morgan fingerprint density at radius 1 is 0.710 bits per heavy atom. The molecule has 19 heteroatoms. The van der Waals surface area contributed by atoms with Crippen molar-refractivity contribution in [3.63, 3.8) is 0 Å².